The van der Waals surface area contributed by atoms with Crippen molar-refractivity contribution in [3.63, 3.8) is 0 Å². The lowest BCUT2D eigenvalue weighted by Crippen LogP contribution is -2.38. The van der Waals surface area contributed by atoms with Crippen LogP contribution in [-0.2, 0) is 35.5 Å². The molecule has 2 aromatic rings. The molecule has 2 heterocycles. The van der Waals surface area contributed by atoms with Crippen LogP contribution >= 0.6 is 0 Å². The van der Waals surface area contributed by atoms with E-state index in [1.165, 1.54) is 16.8 Å². The summed E-state index contributed by atoms with van der Waals surface area (Å²) in [6.07, 6.45) is 5.41. The third kappa shape index (κ3) is 4.58. The standard InChI is InChI=1S/C24H31N3O3/c1-17-21-12-13-26(23(28)15-19-7-9-20(10-8-19)24(29)30)16-22(21)27(25-17)14-11-18-5-3-2-4-6-18/h2-6,19-20H,7-16H2,1H3,(H,29,30)/t19-,20-. The van der Waals surface area contributed by atoms with Crippen LogP contribution in [0.5, 0.6) is 0 Å². The highest BCUT2D eigenvalue weighted by atomic mass is 16.4. The molecule has 160 valence electrons. The molecule has 1 N–H and O–H groups in total. The molecule has 0 atom stereocenters. The fraction of sp³-hybridized carbons (Fsp3) is 0.542. The van der Waals surface area contributed by atoms with Crippen molar-refractivity contribution in [1.82, 2.24) is 14.7 Å². The maximum Gasteiger partial charge on any atom is 0.306 e. The van der Waals surface area contributed by atoms with Crippen LogP contribution in [-0.4, -0.2) is 38.2 Å². The normalized spacial score (nSPS) is 21.3. The van der Waals surface area contributed by atoms with E-state index in [0.29, 0.717) is 31.7 Å². The number of carboxylic acid groups (broad SMARTS) is 1. The van der Waals surface area contributed by atoms with Gasteiger partial charge >= 0.3 is 5.97 Å². The number of carboxylic acids is 1. The smallest absolute Gasteiger partial charge is 0.306 e. The van der Waals surface area contributed by atoms with Crippen LogP contribution in [0.4, 0.5) is 0 Å². The summed E-state index contributed by atoms with van der Waals surface area (Å²) in [6.45, 7) is 4.27. The van der Waals surface area contributed by atoms with Crippen LogP contribution in [0.1, 0.15) is 54.6 Å². The molecule has 1 saturated carbocycles. The number of hydrogen-bond donors (Lipinski definition) is 1. The minimum absolute atomic E-state index is 0.202. The van der Waals surface area contributed by atoms with Gasteiger partial charge in [0.05, 0.1) is 23.9 Å². The van der Waals surface area contributed by atoms with E-state index in [2.05, 4.69) is 35.9 Å². The van der Waals surface area contributed by atoms with Gasteiger partial charge in [0.2, 0.25) is 5.91 Å². The van der Waals surface area contributed by atoms with Gasteiger partial charge in [0.25, 0.3) is 0 Å². The zero-order valence-corrected chi connectivity index (χ0v) is 17.7. The summed E-state index contributed by atoms with van der Waals surface area (Å²) < 4.78 is 2.09. The van der Waals surface area contributed by atoms with Gasteiger partial charge in [-0.25, -0.2) is 0 Å². The summed E-state index contributed by atoms with van der Waals surface area (Å²) in [4.78, 5) is 26.1. The Morgan fingerprint density at radius 2 is 1.87 bits per heavy atom. The van der Waals surface area contributed by atoms with E-state index < -0.39 is 5.97 Å². The molecule has 0 saturated heterocycles. The van der Waals surface area contributed by atoms with Gasteiger partial charge in [0.1, 0.15) is 0 Å². The molecular weight excluding hydrogens is 378 g/mol. The maximum absolute atomic E-state index is 13.0. The Hall–Kier alpha value is -2.63. The van der Waals surface area contributed by atoms with Gasteiger partial charge in [-0.05, 0) is 62.5 Å². The van der Waals surface area contributed by atoms with Gasteiger partial charge in [-0.3, -0.25) is 14.3 Å². The molecule has 1 fully saturated rings. The number of hydrogen-bond acceptors (Lipinski definition) is 3. The number of aliphatic carboxylic acids is 1. The molecule has 0 bridgehead atoms. The van der Waals surface area contributed by atoms with Gasteiger partial charge in [-0.15, -0.1) is 0 Å². The van der Waals surface area contributed by atoms with Gasteiger partial charge < -0.3 is 10.0 Å². The molecule has 6 nitrogen and oxygen atoms in total. The molecule has 0 unspecified atom stereocenters. The lowest BCUT2D eigenvalue weighted by atomic mass is 9.80. The van der Waals surface area contributed by atoms with E-state index in [-0.39, 0.29) is 11.8 Å². The third-order valence-corrected chi connectivity index (χ3v) is 6.81. The molecule has 6 heteroatoms. The molecule has 0 spiro atoms. The van der Waals surface area contributed by atoms with Crippen molar-refractivity contribution in [3.8, 4) is 0 Å². The van der Waals surface area contributed by atoms with Crippen molar-refractivity contribution < 1.29 is 14.7 Å². The number of fused-ring (bicyclic) bond motifs is 1. The lowest BCUT2D eigenvalue weighted by molar-refractivity contribution is -0.143. The van der Waals surface area contributed by atoms with Gasteiger partial charge in [-0.1, -0.05) is 30.3 Å². The van der Waals surface area contributed by atoms with Crippen molar-refractivity contribution in [3.05, 3.63) is 52.8 Å². The van der Waals surface area contributed by atoms with Crippen molar-refractivity contribution >= 4 is 11.9 Å². The molecule has 0 radical (unpaired) electrons. The molecule has 2 aliphatic rings. The van der Waals surface area contributed by atoms with Crippen LogP contribution in [0.15, 0.2) is 30.3 Å². The summed E-state index contributed by atoms with van der Waals surface area (Å²) in [6, 6.07) is 10.4. The van der Waals surface area contributed by atoms with Gasteiger partial charge in [0, 0.05) is 19.5 Å². The first-order valence-corrected chi connectivity index (χ1v) is 11.1. The number of aromatic nitrogens is 2. The van der Waals surface area contributed by atoms with Gasteiger partial charge in [-0.2, -0.15) is 5.10 Å². The van der Waals surface area contributed by atoms with Crippen LogP contribution < -0.4 is 0 Å². The predicted octanol–water partition coefficient (Wildman–Crippen LogP) is 3.60. The fourth-order valence-corrected chi connectivity index (χ4v) is 4.94. The second-order valence-electron chi connectivity index (χ2n) is 8.79. The Balaban J connectivity index is 1.36. The van der Waals surface area contributed by atoms with E-state index >= 15 is 0 Å². The number of nitrogens with zero attached hydrogens (tertiary/aromatic N) is 3. The van der Waals surface area contributed by atoms with E-state index in [9.17, 15) is 9.59 Å². The minimum Gasteiger partial charge on any atom is -0.481 e. The highest BCUT2D eigenvalue weighted by Gasteiger charge is 2.30. The first-order valence-electron chi connectivity index (χ1n) is 11.1. The number of carbonyl (C=O) groups is 2. The number of rotatable bonds is 6. The maximum atomic E-state index is 13.0. The van der Waals surface area contributed by atoms with Crippen molar-refractivity contribution in [2.75, 3.05) is 6.54 Å². The van der Waals surface area contributed by atoms with E-state index in [0.717, 1.165) is 44.5 Å². The van der Waals surface area contributed by atoms with Crippen molar-refractivity contribution in [2.24, 2.45) is 11.8 Å². The zero-order valence-electron chi connectivity index (χ0n) is 17.7. The summed E-state index contributed by atoms with van der Waals surface area (Å²) in [5.41, 5.74) is 4.85. The Kier molecular flexibility index (Phi) is 6.21. The second-order valence-corrected chi connectivity index (χ2v) is 8.79. The van der Waals surface area contributed by atoms with Crippen LogP contribution in [0.2, 0.25) is 0 Å². The zero-order chi connectivity index (χ0) is 21.1. The topological polar surface area (TPSA) is 75.4 Å². The number of carbonyl (C=O) groups excluding carboxylic acids is 1. The average molecular weight is 410 g/mol. The first-order chi connectivity index (χ1) is 14.5. The Morgan fingerprint density at radius 3 is 2.57 bits per heavy atom. The molecule has 1 aromatic heterocycles. The largest absolute Gasteiger partial charge is 0.481 e. The molecule has 4 rings (SSSR count). The van der Waals surface area contributed by atoms with Gasteiger partial charge in [0.15, 0.2) is 0 Å². The molecule has 1 aliphatic carbocycles. The number of aryl methyl sites for hydroxylation is 3. The Morgan fingerprint density at radius 1 is 1.13 bits per heavy atom. The highest BCUT2D eigenvalue weighted by Crippen LogP contribution is 2.32. The molecule has 1 aliphatic heterocycles. The van der Waals surface area contributed by atoms with E-state index in [1.807, 2.05) is 11.0 Å². The lowest BCUT2D eigenvalue weighted by Gasteiger charge is -2.31. The first kappa shape index (κ1) is 20.6. The second kappa shape index (κ2) is 9.02. The predicted molar refractivity (Wildman–Crippen MR) is 114 cm³/mol. The number of benzene rings is 1. The van der Waals surface area contributed by atoms with Crippen molar-refractivity contribution in [2.45, 2.75) is 65.0 Å². The monoisotopic (exact) mass is 409 g/mol. The number of amides is 1. The third-order valence-electron chi connectivity index (χ3n) is 6.81. The summed E-state index contributed by atoms with van der Waals surface area (Å²) in [5, 5.41) is 13.9. The fourth-order valence-electron chi connectivity index (χ4n) is 4.94. The Bertz CT molecular complexity index is 898. The molecular formula is C24H31N3O3. The summed E-state index contributed by atoms with van der Waals surface area (Å²) in [7, 11) is 0. The van der Waals surface area contributed by atoms with Crippen LogP contribution in [0.25, 0.3) is 0 Å². The average Bonchev–Trinajstić information content (AvgIpc) is 3.08. The summed E-state index contributed by atoms with van der Waals surface area (Å²) in [5.74, 6) is -0.398. The summed E-state index contributed by atoms with van der Waals surface area (Å²) >= 11 is 0. The SMILES string of the molecule is Cc1nn(CCc2ccccc2)c2c1CCN(C(=O)C[C@H]1CC[C@H](C(=O)O)CC1)C2. The van der Waals surface area contributed by atoms with E-state index in [1.54, 1.807) is 0 Å². The minimum atomic E-state index is -0.692. The molecule has 1 amide bonds. The molecule has 30 heavy (non-hydrogen) atoms. The van der Waals surface area contributed by atoms with Crippen molar-refractivity contribution in [1.29, 1.82) is 0 Å². The highest BCUT2D eigenvalue weighted by molar-refractivity contribution is 5.77. The van der Waals surface area contributed by atoms with Crippen LogP contribution in [0.3, 0.4) is 0 Å². The quantitative estimate of drug-likeness (QED) is 0.791. The van der Waals surface area contributed by atoms with E-state index in [4.69, 9.17) is 10.2 Å². The molecule has 1 aromatic carbocycles. The Labute approximate surface area is 177 Å². The van der Waals surface area contributed by atoms with Crippen LogP contribution in [0, 0.1) is 18.8 Å².